The van der Waals surface area contributed by atoms with Crippen LogP contribution < -0.4 is 21.1 Å². The Labute approximate surface area is 158 Å². The van der Waals surface area contributed by atoms with Crippen LogP contribution in [0.4, 0.5) is 10.5 Å². The van der Waals surface area contributed by atoms with Crippen molar-refractivity contribution in [1.82, 2.24) is 5.32 Å². The number of amides is 1. The van der Waals surface area contributed by atoms with Crippen molar-refractivity contribution in [3.8, 4) is 5.75 Å². The van der Waals surface area contributed by atoms with E-state index in [2.05, 4.69) is 10.6 Å². The molecule has 27 heavy (non-hydrogen) atoms. The number of allylic oxidation sites excluding steroid dienone is 1. The maximum Gasteiger partial charge on any atom is 0.408 e. The molecule has 1 aliphatic rings. The van der Waals surface area contributed by atoms with Gasteiger partial charge in [-0.2, -0.15) is 0 Å². The third kappa shape index (κ3) is 3.86. The Morgan fingerprint density at radius 3 is 2.59 bits per heavy atom. The number of benzene rings is 1. The van der Waals surface area contributed by atoms with E-state index in [0.29, 0.717) is 28.8 Å². The van der Waals surface area contributed by atoms with Crippen LogP contribution in [0.15, 0.2) is 52.6 Å². The average molecular weight is 371 g/mol. The molecule has 0 aliphatic carbocycles. The molecule has 0 bridgehead atoms. The summed E-state index contributed by atoms with van der Waals surface area (Å²) in [6.07, 6.45) is 1.02. The number of hydrogen-bond acceptors (Lipinski definition) is 6. The monoisotopic (exact) mass is 371 g/mol. The Hall–Kier alpha value is -3.09. The number of nitrogens with one attached hydrogen (secondary N) is 2. The van der Waals surface area contributed by atoms with Crippen LogP contribution in [-0.2, 0) is 10.3 Å². The molecule has 0 saturated carbocycles. The highest BCUT2D eigenvalue weighted by Crippen LogP contribution is 2.37. The zero-order valence-electron chi connectivity index (χ0n) is 16.2. The van der Waals surface area contributed by atoms with Gasteiger partial charge < -0.3 is 30.3 Å². The molecule has 0 radical (unpaired) electrons. The summed E-state index contributed by atoms with van der Waals surface area (Å²) in [4.78, 5) is 12.5. The van der Waals surface area contributed by atoms with Crippen LogP contribution in [0.1, 0.15) is 45.9 Å². The van der Waals surface area contributed by atoms with E-state index in [9.17, 15) is 4.79 Å². The van der Waals surface area contributed by atoms with Gasteiger partial charge in [0.1, 0.15) is 28.5 Å². The first-order valence-corrected chi connectivity index (χ1v) is 8.69. The third-order valence-corrected chi connectivity index (χ3v) is 4.23. The normalized spacial score (nSPS) is 15.9. The summed E-state index contributed by atoms with van der Waals surface area (Å²) in [6, 6.07) is 9.14. The van der Waals surface area contributed by atoms with Crippen molar-refractivity contribution >= 4 is 11.8 Å². The lowest BCUT2D eigenvalue weighted by molar-refractivity contribution is 0.0469. The van der Waals surface area contributed by atoms with Crippen LogP contribution >= 0.6 is 0 Å². The third-order valence-electron chi connectivity index (χ3n) is 4.23. The average Bonchev–Trinajstić information content (AvgIpc) is 3.08. The number of fused-ring (bicyclic) bond motifs is 1. The topological polar surface area (TPSA) is 98.8 Å². The Bertz CT molecular complexity index is 881. The number of ether oxygens (including phenoxy) is 2. The van der Waals surface area contributed by atoms with Gasteiger partial charge in [-0.3, -0.25) is 0 Å². The lowest BCUT2D eigenvalue weighted by Gasteiger charge is -2.32. The minimum Gasteiger partial charge on any atom is -0.466 e. The van der Waals surface area contributed by atoms with E-state index in [1.807, 2.05) is 45.9 Å². The molecule has 4 N–H and O–H groups in total. The lowest BCUT2D eigenvalue weighted by Crippen LogP contribution is -2.46. The van der Waals surface area contributed by atoms with Gasteiger partial charge >= 0.3 is 6.09 Å². The highest BCUT2D eigenvalue weighted by molar-refractivity contribution is 5.71. The molecular formula is C20H25N3O4. The van der Waals surface area contributed by atoms with Crippen LogP contribution in [0.25, 0.3) is 0 Å². The van der Waals surface area contributed by atoms with Gasteiger partial charge in [0.25, 0.3) is 0 Å². The van der Waals surface area contributed by atoms with Crippen LogP contribution in [0.3, 0.4) is 0 Å². The summed E-state index contributed by atoms with van der Waals surface area (Å²) in [7, 11) is 0. The first-order chi connectivity index (χ1) is 12.6. The van der Waals surface area contributed by atoms with E-state index in [1.165, 1.54) is 0 Å². The second-order valence-corrected chi connectivity index (χ2v) is 7.64. The lowest BCUT2D eigenvalue weighted by atomic mass is 9.88. The number of hydrogen-bond donors (Lipinski definition) is 3. The van der Waals surface area contributed by atoms with Crippen molar-refractivity contribution in [3.63, 3.8) is 0 Å². The number of carbonyl (C=O) groups excluding carboxylic acids is 1. The second-order valence-electron chi connectivity index (χ2n) is 7.64. The first-order valence-electron chi connectivity index (χ1n) is 8.69. The zero-order chi connectivity index (χ0) is 19.8. The van der Waals surface area contributed by atoms with Crippen molar-refractivity contribution in [3.05, 3.63) is 59.5 Å². The first kappa shape index (κ1) is 18.7. The molecule has 1 aromatic heterocycles. The van der Waals surface area contributed by atoms with Crippen LogP contribution in [0.2, 0.25) is 0 Å². The molecule has 2 aromatic rings. The number of nitrogens with two attached hydrogens (primary N) is 1. The van der Waals surface area contributed by atoms with E-state index in [0.717, 1.165) is 5.56 Å². The number of carbonyl (C=O) groups is 1. The fraction of sp³-hybridized carbons (Fsp3) is 0.350. The Balaban J connectivity index is 1.98. The SMILES string of the molecule is CC1=C(N)Nc2cc(C(C)(NC(=O)OC(C)(C)C)c3ccco3)ccc2O1. The molecule has 0 saturated heterocycles. The molecule has 1 aliphatic heterocycles. The summed E-state index contributed by atoms with van der Waals surface area (Å²) in [5.74, 6) is 2.28. The second kappa shape index (κ2) is 6.57. The van der Waals surface area contributed by atoms with Gasteiger partial charge in [0.2, 0.25) is 0 Å². The molecule has 0 spiro atoms. The van der Waals surface area contributed by atoms with Crippen LogP contribution in [0, 0.1) is 0 Å². The smallest absolute Gasteiger partial charge is 0.408 e. The molecular weight excluding hydrogens is 346 g/mol. The molecule has 3 rings (SSSR count). The van der Waals surface area contributed by atoms with Crippen LogP contribution in [0.5, 0.6) is 5.75 Å². The summed E-state index contributed by atoms with van der Waals surface area (Å²) < 4.78 is 16.8. The number of anilines is 1. The highest BCUT2D eigenvalue weighted by atomic mass is 16.6. The molecule has 1 amide bonds. The molecule has 144 valence electrons. The standard InChI is InChI=1S/C20H25N3O4/c1-12-17(21)22-14-11-13(8-9-15(14)26-12)20(5,16-7-6-10-25-16)23-18(24)27-19(2,3)4/h6-11,22H,21H2,1-5H3,(H,23,24). The zero-order valence-corrected chi connectivity index (χ0v) is 16.2. The number of rotatable bonds is 3. The molecule has 0 fully saturated rings. The maximum absolute atomic E-state index is 12.5. The van der Waals surface area contributed by atoms with Gasteiger partial charge in [0.05, 0.1) is 12.0 Å². The predicted molar refractivity (Wildman–Crippen MR) is 102 cm³/mol. The molecule has 7 nitrogen and oxygen atoms in total. The van der Waals surface area contributed by atoms with Gasteiger partial charge in [-0.25, -0.2) is 4.79 Å². The summed E-state index contributed by atoms with van der Waals surface area (Å²) >= 11 is 0. The predicted octanol–water partition coefficient (Wildman–Crippen LogP) is 4.02. The van der Waals surface area contributed by atoms with Gasteiger partial charge in [0, 0.05) is 0 Å². The Morgan fingerprint density at radius 1 is 1.22 bits per heavy atom. The minimum atomic E-state index is -0.951. The van der Waals surface area contributed by atoms with Gasteiger partial charge in [-0.1, -0.05) is 6.07 Å². The van der Waals surface area contributed by atoms with Crippen molar-refractivity contribution in [2.45, 2.75) is 45.8 Å². The highest BCUT2D eigenvalue weighted by Gasteiger charge is 2.36. The molecule has 2 heterocycles. The van der Waals surface area contributed by atoms with Gasteiger partial charge in [-0.15, -0.1) is 0 Å². The molecule has 1 aromatic carbocycles. The minimum absolute atomic E-state index is 0.444. The van der Waals surface area contributed by atoms with E-state index >= 15 is 0 Å². The van der Waals surface area contributed by atoms with E-state index in [1.54, 1.807) is 25.3 Å². The van der Waals surface area contributed by atoms with E-state index < -0.39 is 17.2 Å². The fourth-order valence-corrected chi connectivity index (χ4v) is 2.83. The molecule has 7 heteroatoms. The summed E-state index contributed by atoms with van der Waals surface area (Å²) in [5.41, 5.74) is 5.86. The van der Waals surface area contributed by atoms with E-state index in [-0.39, 0.29) is 0 Å². The quantitative estimate of drug-likeness (QED) is 0.754. The number of furan rings is 1. The number of alkyl carbamates (subject to hydrolysis) is 1. The Morgan fingerprint density at radius 2 is 1.96 bits per heavy atom. The maximum atomic E-state index is 12.5. The summed E-state index contributed by atoms with van der Waals surface area (Å²) in [6.45, 7) is 9.08. The van der Waals surface area contributed by atoms with Crippen molar-refractivity contribution < 1.29 is 18.7 Å². The largest absolute Gasteiger partial charge is 0.466 e. The molecule has 1 atom stereocenters. The van der Waals surface area contributed by atoms with Crippen molar-refractivity contribution in [2.75, 3.05) is 5.32 Å². The fourth-order valence-electron chi connectivity index (χ4n) is 2.83. The van der Waals surface area contributed by atoms with Gasteiger partial charge in [0.15, 0.2) is 5.75 Å². The van der Waals surface area contributed by atoms with Crippen molar-refractivity contribution in [2.24, 2.45) is 5.73 Å². The van der Waals surface area contributed by atoms with Crippen LogP contribution in [-0.4, -0.2) is 11.7 Å². The van der Waals surface area contributed by atoms with E-state index in [4.69, 9.17) is 19.6 Å². The van der Waals surface area contributed by atoms with Gasteiger partial charge in [-0.05, 0) is 64.4 Å². The molecule has 1 unspecified atom stereocenters. The Kier molecular flexibility index (Phi) is 4.55. The van der Waals surface area contributed by atoms with Crippen molar-refractivity contribution in [1.29, 1.82) is 0 Å². The summed E-state index contributed by atoms with van der Waals surface area (Å²) in [5, 5.41) is 6.05.